The van der Waals surface area contributed by atoms with Gasteiger partial charge in [0.25, 0.3) is 5.91 Å². The second-order valence-electron chi connectivity index (χ2n) is 5.73. The zero-order chi connectivity index (χ0) is 14.8. The molecule has 0 radical (unpaired) electrons. The van der Waals surface area contributed by atoms with E-state index in [0.29, 0.717) is 10.6 Å². The van der Waals surface area contributed by atoms with Gasteiger partial charge in [-0.2, -0.15) is 0 Å². The molecule has 1 atom stereocenters. The van der Waals surface area contributed by atoms with Crippen LogP contribution >= 0.6 is 11.5 Å². The van der Waals surface area contributed by atoms with Crippen LogP contribution in [0.4, 0.5) is 0 Å². The van der Waals surface area contributed by atoms with Crippen molar-refractivity contribution < 1.29 is 14.7 Å². The average Bonchev–Trinajstić information content (AvgIpc) is 2.72. The maximum Gasteiger partial charge on any atom is 0.326 e. The van der Waals surface area contributed by atoms with Crippen LogP contribution in [0, 0.1) is 5.92 Å². The Hall–Kier alpha value is -1.50. The van der Waals surface area contributed by atoms with E-state index < -0.39 is 17.9 Å². The Morgan fingerprint density at radius 1 is 1.32 bits per heavy atom. The Balaban J connectivity index is 2.96. The predicted octanol–water partition coefficient (Wildman–Crippen LogP) is 1.67. The molecular formula is C12H19N3O3S. The Bertz CT molecular complexity index is 477. The number of hydrogen-bond acceptors (Lipinski definition) is 5. The zero-order valence-electron chi connectivity index (χ0n) is 11.7. The second-order valence-corrected chi connectivity index (χ2v) is 6.49. The summed E-state index contributed by atoms with van der Waals surface area (Å²) in [6.45, 7) is 9.27. The molecule has 0 aliphatic carbocycles. The highest BCUT2D eigenvalue weighted by molar-refractivity contribution is 7.08. The highest BCUT2D eigenvalue weighted by Gasteiger charge is 2.30. The molecule has 0 bridgehead atoms. The Kier molecular flexibility index (Phi) is 4.62. The van der Waals surface area contributed by atoms with Gasteiger partial charge < -0.3 is 10.4 Å². The molecular weight excluding hydrogens is 266 g/mol. The molecule has 106 valence electrons. The van der Waals surface area contributed by atoms with E-state index in [-0.39, 0.29) is 11.3 Å². The number of carbonyl (C=O) groups is 2. The second kappa shape index (κ2) is 5.64. The average molecular weight is 285 g/mol. The van der Waals surface area contributed by atoms with Gasteiger partial charge in [0.1, 0.15) is 10.9 Å². The van der Waals surface area contributed by atoms with Crippen molar-refractivity contribution >= 4 is 23.4 Å². The number of nitrogens with zero attached hydrogens (tertiary/aromatic N) is 2. The minimum absolute atomic E-state index is 0.194. The third-order valence-corrected chi connectivity index (χ3v) is 3.35. The van der Waals surface area contributed by atoms with Crippen molar-refractivity contribution in [2.75, 3.05) is 0 Å². The van der Waals surface area contributed by atoms with E-state index in [1.54, 1.807) is 13.8 Å². The smallest absolute Gasteiger partial charge is 0.326 e. The monoisotopic (exact) mass is 285 g/mol. The van der Waals surface area contributed by atoms with Crippen molar-refractivity contribution in [3.63, 3.8) is 0 Å². The van der Waals surface area contributed by atoms with Crippen LogP contribution in [0.3, 0.4) is 0 Å². The van der Waals surface area contributed by atoms with Crippen LogP contribution in [-0.2, 0) is 10.2 Å². The molecule has 1 aromatic rings. The molecule has 0 unspecified atom stereocenters. The van der Waals surface area contributed by atoms with Crippen LogP contribution in [0.1, 0.15) is 50.0 Å². The Labute approximate surface area is 116 Å². The summed E-state index contributed by atoms with van der Waals surface area (Å²) in [5.41, 5.74) is 0.277. The predicted molar refractivity (Wildman–Crippen MR) is 72.3 cm³/mol. The first-order valence-electron chi connectivity index (χ1n) is 6.01. The van der Waals surface area contributed by atoms with E-state index >= 15 is 0 Å². The minimum Gasteiger partial charge on any atom is -0.480 e. The van der Waals surface area contributed by atoms with Gasteiger partial charge in [-0.05, 0) is 17.5 Å². The van der Waals surface area contributed by atoms with Crippen molar-refractivity contribution in [3.05, 3.63) is 10.6 Å². The third kappa shape index (κ3) is 3.73. The number of carboxylic acid groups (broad SMARTS) is 1. The zero-order valence-corrected chi connectivity index (χ0v) is 12.5. The summed E-state index contributed by atoms with van der Waals surface area (Å²) >= 11 is 0.984. The molecule has 2 N–H and O–H groups in total. The highest BCUT2D eigenvalue weighted by atomic mass is 32.1. The number of nitrogens with one attached hydrogen (secondary N) is 1. The van der Waals surface area contributed by atoms with Gasteiger partial charge in [0.2, 0.25) is 0 Å². The summed E-state index contributed by atoms with van der Waals surface area (Å²) in [4.78, 5) is 23.6. The number of carboxylic acids is 1. The number of aromatic nitrogens is 2. The molecule has 1 amide bonds. The summed E-state index contributed by atoms with van der Waals surface area (Å²) in [6, 6.07) is -0.914. The fourth-order valence-electron chi connectivity index (χ4n) is 1.55. The lowest BCUT2D eigenvalue weighted by Crippen LogP contribution is -2.44. The van der Waals surface area contributed by atoms with Crippen molar-refractivity contribution in [2.24, 2.45) is 5.92 Å². The number of amides is 1. The van der Waals surface area contributed by atoms with E-state index in [0.717, 1.165) is 11.5 Å². The molecule has 1 heterocycles. The van der Waals surface area contributed by atoms with E-state index in [9.17, 15) is 9.59 Å². The summed E-state index contributed by atoms with van der Waals surface area (Å²) in [6.07, 6.45) is 0. The first kappa shape index (κ1) is 15.6. The molecule has 19 heavy (non-hydrogen) atoms. The summed E-state index contributed by atoms with van der Waals surface area (Å²) in [5, 5.41) is 15.6. The lowest BCUT2D eigenvalue weighted by molar-refractivity contribution is -0.140. The number of carbonyl (C=O) groups excluding carboxylic acids is 1. The van der Waals surface area contributed by atoms with Crippen LogP contribution in [0.15, 0.2) is 0 Å². The summed E-state index contributed by atoms with van der Waals surface area (Å²) in [7, 11) is 0. The normalized spacial score (nSPS) is 13.4. The van der Waals surface area contributed by atoms with Crippen LogP contribution in [0.2, 0.25) is 0 Å². The standard InChI is InChI=1S/C12H19N3O3S/c1-6(2)7(11(17)18)13-10(16)8-9(12(3,4)5)14-15-19-8/h6-7H,1-5H3,(H,13,16)(H,17,18)/t7-/m0/s1. The van der Waals surface area contributed by atoms with Gasteiger partial charge in [0, 0.05) is 5.41 Å². The molecule has 0 aromatic carbocycles. The van der Waals surface area contributed by atoms with Gasteiger partial charge in [-0.1, -0.05) is 39.1 Å². The maximum atomic E-state index is 12.1. The van der Waals surface area contributed by atoms with Gasteiger partial charge >= 0.3 is 5.97 Å². The Morgan fingerprint density at radius 3 is 2.32 bits per heavy atom. The fourth-order valence-corrected chi connectivity index (χ4v) is 2.33. The van der Waals surface area contributed by atoms with Crippen molar-refractivity contribution in [2.45, 2.75) is 46.1 Å². The van der Waals surface area contributed by atoms with Crippen LogP contribution < -0.4 is 5.32 Å². The number of rotatable bonds is 4. The number of hydrogen-bond donors (Lipinski definition) is 2. The fraction of sp³-hybridized carbons (Fsp3) is 0.667. The molecule has 0 saturated heterocycles. The Morgan fingerprint density at radius 2 is 1.89 bits per heavy atom. The molecule has 0 fully saturated rings. The van der Waals surface area contributed by atoms with Crippen molar-refractivity contribution in [3.8, 4) is 0 Å². The lowest BCUT2D eigenvalue weighted by atomic mass is 9.91. The van der Waals surface area contributed by atoms with Gasteiger partial charge in [-0.25, -0.2) is 4.79 Å². The van der Waals surface area contributed by atoms with E-state index in [1.165, 1.54) is 0 Å². The molecule has 6 nitrogen and oxygen atoms in total. The number of aliphatic carboxylic acids is 1. The first-order valence-corrected chi connectivity index (χ1v) is 6.78. The topological polar surface area (TPSA) is 92.2 Å². The lowest BCUT2D eigenvalue weighted by Gasteiger charge is -2.19. The molecule has 0 spiro atoms. The molecule has 0 saturated carbocycles. The molecule has 0 aliphatic heterocycles. The van der Waals surface area contributed by atoms with Gasteiger partial charge in [0.05, 0.1) is 5.69 Å². The molecule has 7 heteroatoms. The molecule has 0 aliphatic rings. The van der Waals surface area contributed by atoms with E-state index in [1.807, 2.05) is 20.8 Å². The van der Waals surface area contributed by atoms with Gasteiger partial charge in [-0.3, -0.25) is 4.79 Å². The van der Waals surface area contributed by atoms with Gasteiger partial charge in [-0.15, -0.1) is 5.10 Å². The van der Waals surface area contributed by atoms with Gasteiger partial charge in [0.15, 0.2) is 0 Å². The third-order valence-electron chi connectivity index (χ3n) is 2.62. The first-order chi connectivity index (χ1) is 8.64. The SMILES string of the molecule is CC(C)[C@H](NC(=O)c1snnc1C(C)(C)C)C(=O)O. The van der Waals surface area contributed by atoms with E-state index in [4.69, 9.17) is 5.11 Å². The quantitative estimate of drug-likeness (QED) is 0.878. The van der Waals surface area contributed by atoms with Crippen LogP contribution in [-0.4, -0.2) is 32.6 Å². The maximum absolute atomic E-state index is 12.1. The summed E-state index contributed by atoms with van der Waals surface area (Å²) in [5.74, 6) is -1.67. The van der Waals surface area contributed by atoms with Crippen LogP contribution in [0.5, 0.6) is 0 Å². The molecule has 1 rings (SSSR count). The van der Waals surface area contributed by atoms with Crippen molar-refractivity contribution in [1.82, 2.24) is 14.9 Å². The highest BCUT2D eigenvalue weighted by Crippen LogP contribution is 2.25. The van der Waals surface area contributed by atoms with Crippen LogP contribution in [0.25, 0.3) is 0 Å². The largest absolute Gasteiger partial charge is 0.480 e. The van der Waals surface area contributed by atoms with Crippen molar-refractivity contribution in [1.29, 1.82) is 0 Å². The summed E-state index contributed by atoms with van der Waals surface area (Å²) < 4.78 is 3.79. The van der Waals surface area contributed by atoms with E-state index in [2.05, 4.69) is 14.9 Å². The molecule has 1 aromatic heterocycles. The minimum atomic E-state index is -1.04.